The van der Waals surface area contributed by atoms with E-state index < -0.39 is 0 Å². The van der Waals surface area contributed by atoms with Crippen molar-refractivity contribution in [3.63, 3.8) is 0 Å². The molecule has 0 radical (unpaired) electrons. The number of hydrogen-bond donors (Lipinski definition) is 0. The van der Waals surface area contributed by atoms with Crippen molar-refractivity contribution in [3.05, 3.63) is 115 Å². The molecule has 0 unspecified atom stereocenters. The van der Waals surface area contributed by atoms with E-state index in [1.807, 2.05) is 60.7 Å². The zero-order chi connectivity index (χ0) is 23.2. The Labute approximate surface area is 201 Å². The van der Waals surface area contributed by atoms with Gasteiger partial charge in [-0.05, 0) is 71.8 Å². The van der Waals surface area contributed by atoms with Crippen molar-refractivity contribution in [2.24, 2.45) is 0 Å². The third-order valence-corrected chi connectivity index (χ3v) is 6.14. The van der Waals surface area contributed by atoms with Crippen LogP contribution in [0.3, 0.4) is 0 Å². The Morgan fingerprint density at radius 3 is 2.06 bits per heavy atom. The van der Waals surface area contributed by atoms with Crippen LogP contribution in [0.4, 0.5) is 17.1 Å². The molecule has 1 aliphatic heterocycles. The first-order valence-electron chi connectivity index (χ1n) is 11.4. The van der Waals surface area contributed by atoms with Crippen molar-refractivity contribution in [2.75, 3.05) is 4.90 Å². The van der Waals surface area contributed by atoms with Crippen LogP contribution in [0.15, 0.2) is 120 Å². The van der Waals surface area contributed by atoms with Gasteiger partial charge in [-0.25, -0.2) is 4.98 Å². The van der Waals surface area contributed by atoms with E-state index in [0.717, 1.165) is 45.3 Å². The van der Waals surface area contributed by atoms with E-state index in [1.54, 1.807) is 6.20 Å². The lowest BCUT2D eigenvalue weighted by Crippen LogP contribution is -2.15. The lowest BCUT2D eigenvalue weighted by atomic mass is 10.0. The number of para-hydroxylation sites is 4. The van der Waals surface area contributed by atoms with Gasteiger partial charge in [0.25, 0.3) is 0 Å². The number of ether oxygens (including phenoxy) is 1. The van der Waals surface area contributed by atoms with Gasteiger partial charge in [-0.15, -0.1) is 0 Å². The topological polar surface area (TPSA) is 51.4 Å². The van der Waals surface area contributed by atoms with E-state index >= 15 is 0 Å². The van der Waals surface area contributed by atoms with Gasteiger partial charge in [-0.2, -0.15) is 4.98 Å². The third kappa shape index (κ3) is 3.33. The molecule has 0 amide bonds. The molecule has 0 N–H and O–H groups in total. The number of nitrogens with zero attached hydrogens (tertiary/aromatic N) is 3. The fourth-order valence-electron chi connectivity index (χ4n) is 4.53. The predicted octanol–water partition coefficient (Wildman–Crippen LogP) is 8.13. The van der Waals surface area contributed by atoms with E-state index in [9.17, 15) is 0 Å². The van der Waals surface area contributed by atoms with Gasteiger partial charge < -0.3 is 14.1 Å². The van der Waals surface area contributed by atoms with Crippen molar-refractivity contribution in [3.8, 4) is 34.1 Å². The first kappa shape index (κ1) is 19.6. The fraction of sp³-hybridized carbons (Fsp3) is 0. The minimum Gasteiger partial charge on any atom is -0.453 e. The van der Waals surface area contributed by atoms with Crippen LogP contribution in [-0.4, -0.2) is 9.97 Å². The summed E-state index contributed by atoms with van der Waals surface area (Å²) in [4.78, 5) is 11.1. The van der Waals surface area contributed by atoms with E-state index in [4.69, 9.17) is 9.15 Å². The molecule has 6 aromatic rings. The van der Waals surface area contributed by atoms with Gasteiger partial charge in [0, 0.05) is 17.4 Å². The summed E-state index contributed by atoms with van der Waals surface area (Å²) >= 11 is 0. The molecule has 2 aromatic heterocycles. The van der Waals surface area contributed by atoms with Crippen molar-refractivity contribution in [1.29, 1.82) is 0 Å². The number of hydrogen-bond acceptors (Lipinski definition) is 5. The SMILES string of the molecule is c1cc(-c2cccc(N3c4ccccc4Oc4ccccc43)c2)cc(-c2nc3ncccc3o2)c1. The monoisotopic (exact) mass is 453 g/mol. The average molecular weight is 454 g/mol. The Morgan fingerprint density at radius 1 is 0.600 bits per heavy atom. The van der Waals surface area contributed by atoms with Crippen LogP contribution in [0.25, 0.3) is 33.8 Å². The lowest BCUT2D eigenvalue weighted by molar-refractivity contribution is 0.477. The first-order chi connectivity index (χ1) is 17.3. The van der Waals surface area contributed by atoms with Gasteiger partial charge in [0.15, 0.2) is 22.7 Å². The zero-order valence-electron chi connectivity index (χ0n) is 18.6. The number of aromatic nitrogens is 2. The van der Waals surface area contributed by atoms with E-state index in [0.29, 0.717) is 17.1 Å². The Balaban J connectivity index is 1.32. The Kier molecular flexibility index (Phi) is 4.39. The number of oxazole rings is 1. The molecular formula is C30H19N3O2. The number of pyridine rings is 1. The van der Waals surface area contributed by atoms with Crippen molar-refractivity contribution in [2.45, 2.75) is 0 Å². The molecule has 0 spiro atoms. The summed E-state index contributed by atoms with van der Waals surface area (Å²) in [5.74, 6) is 2.24. The third-order valence-electron chi connectivity index (χ3n) is 6.14. The van der Waals surface area contributed by atoms with E-state index in [-0.39, 0.29) is 0 Å². The quantitative estimate of drug-likeness (QED) is 0.270. The Bertz CT molecular complexity index is 1630. The Morgan fingerprint density at radius 2 is 1.29 bits per heavy atom. The largest absolute Gasteiger partial charge is 0.453 e. The normalized spacial score (nSPS) is 12.2. The standard InChI is InChI=1S/C30H19N3O2/c1-3-14-26-24(12-1)33(25-13-2-4-15-27(25)34-26)23-11-6-9-21(19-23)20-8-5-10-22(18-20)30-32-29-28(35-30)16-7-17-31-29/h1-19H. The van der Waals surface area contributed by atoms with Crippen molar-refractivity contribution >= 4 is 28.3 Å². The first-order valence-corrected chi connectivity index (χ1v) is 11.4. The van der Waals surface area contributed by atoms with Gasteiger partial charge in [-0.3, -0.25) is 0 Å². The number of rotatable bonds is 3. The molecule has 0 saturated carbocycles. The van der Waals surface area contributed by atoms with Crippen LogP contribution in [0.2, 0.25) is 0 Å². The van der Waals surface area contributed by atoms with Gasteiger partial charge in [-0.1, -0.05) is 48.5 Å². The van der Waals surface area contributed by atoms with Crippen LogP contribution >= 0.6 is 0 Å². The van der Waals surface area contributed by atoms with Gasteiger partial charge >= 0.3 is 0 Å². The smallest absolute Gasteiger partial charge is 0.228 e. The molecule has 0 aliphatic carbocycles. The minimum absolute atomic E-state index is 0.563. The molecule has 5 nitrogen and oxygen atoms in total. The second kappa shape index (κ2) is 7.85. The van der Waals surface area contributed by atoms with Crippen LogP contribution in [-0.2, 0) is 0 Å². The lowest BCUT2D eigenvalue weighted by Gasteiger charge is -2.33. The second-order valence-corrected chi connectivity index (χ2v) is 8.35. The molecular weight excluding hydrogens is 434 g/mol. The Hall–Kier alpha value is -4.90. The molecule has 4 aromatic carbocycles. The summed E-state index contributed by atoms with van der Waals surface area (Å²) in [5.41, 5.74) is 7.45. The van der Waals surface area contributed by atoms with Gasteiger partial charge in [0.2, 0.25) is 5.89 Å². The van der Waals surface area contributed by atoms with E-state index in [2.05, 4.69) is 63.4 Å². The van der Waals surface area contributed by atoms with Crippen molar-refractivity contribution in [1.82, 2.24) is 9.97 Å². The zero-order valence-corrected chi connectivity index (χ0v) is 18.6. The highest BCUT2D eigenvalue weighted by molar-refractivity contribution is 5.87. The number of benzene rings is 4. The molecule has 5 heteroatoms. The molecule has 166 valence electrons. The molecule has 0 fully saturated rings. The van der Waals surface area contributed by atoms with Crippen LogP contribution in [0.1, 0.15) is 0 Å². The molecule has 0 saturated heterocycles. The molecule has 0 atom stereocenters. The maximum absolute atomic E-state index is 6.17. The molecule has 3 heterocycles. The van der Waals surface area contributed by atoms with Gasteiger partial charge in [0.1, 0.15) is 0 Å². The maximum Gasteiger partial charge on any atom is 0.228 e. The van der Waals surface area contributed by atoms with Crippen LogP contribution < -0.4 is 9.64 Å². The highest BCUT2D eigenvalue weighted by atomic mass is 16.5. The van der Waals surface area contributed by atoms with E-state index in [1.165, 1.54) is 0 Å². The molecule has 0 bridgehead atoms. The molecule has 7 rings (SSSR count). The second-order valence-electron chi connectivity index (χ2n) is 8.35. The highest BCUT2D eigenvalue weighted by Gasteiger charge is 2.25. The van der Waals surface area contributed by atoms with Crippen molar-refractivity contribution < 1.29 is 9.15 Å². The summed E-state index contributed by atoms with van der Waals surface area (Å²) in [5, 5.41) is 0. The summed E-state index contributed by atoms with van der Waals surface area (Å²) in [6.07, 6.45) is 1.72. The summed E-state index contributed by atoms with van der Waals surface area (Å²) in [7, 11) is 0. The minimum atomic E-state index is 0.563. The maximum atomic E-state index is 6.17. The molecule has 1 aliphatic rings. The predicted molar refractivity (Wildman–Crippen MR) is 137 cm³/mol. The van der Waals surface area contributed by atoms with Gasteiger partial charge in [0.05, 0.1) is 11.4 Å². The number of fused-ring (bicyclic) bond motifs is 3. The van der Waals surface area contributed by atoms with Crippen LogP contribution in [0, 0.1) is 0 Å². The molecule has 35 heavy (non-hydrogen) atoms. The highest BCUT2D eigenvalue weighted by Crippen LogP contribution is 2.50. The number of anilines is 3. The fourth-order valence-corrected chi connectivity index (χ4v) is 4.53. The summed E-state index contributed by atoms with van der Waals surface area (Å²) in [6, 6.07) is 36.7. The average Bonchev–Trinajstić information content (AvgIpc) is 3.36. The summed E-state index contributed by atoms with van der Waals surface area (Å²) in [6.45, 7) is 0. The van der Waals surface area contributed by atoms with Crippen LogP contribution in [0.5, 0.6) is 11.5 Å². The summed E-state index contributed by atoms with van der Waals surface area (Å²) < 4.78 is 12.1.